The van der Waals surface area contributed by atoms with E-state index in [4.69, 9.17) is 28.6 Å². The van der Waals surface area contributed by atoms with Gasteiger partial charge in [0.1, 0.15) is 12.3 Å². The van der Waals surface area contributed by atoms with Crippen molar-refractivity contribution in [1.82, 2.24) is 19.7 Å². The minimum absolute atomic E-state index is 0.0155. The second-order valence-corrected chi connectivity index (χ2v) is 7.62. The number of H-pyrrole nitrogens is 1. The number of rotatable bonds is 6. The van der Waals surface area contributed by atoms with Gasteiger partial charge in [-0.2, -0.15) is 5.10 Å². The van der Waals surface area contributed by atoms with Crippen LogP contribution in [0.2, 0.25) is 5.02 Å². The average molecular weight is 452 g/mol. The standard InChI is InChI=1S/C22H18ClN5O2S/c1-14-3-2-4-15(11-14)21-26-27-22(31)28(21)13-19(29)25-17-7-10-20(24-12-17)30-18-8-5-16(23)6-9-18/h2-12H,13H2,1H3,(H,25,29)(H,27,31). The number of aryl methyl sites for hydroxylation is 1. The molecule has 1 amide bonds. The molecule has 31 heavy (non-hydrogen) atoms. The van der Waals surface area contributed by atoms with Crippen LogP contribution in [-0.2, 0) is 11.3 Å². The summed E-state index contributed by atoms with van der Waals surface area (Å²) >= 11 is 11.2. The number of benzene rings is 2. The number of nitrogens with one attached hydrogen (secondary N) is 2. The second kappa shape index (κ2) is 9.11. The minimum atomic E-state index is -0.250. The first-order chi connectivity index (χ1) is 15.0. The Morgan fingerprint density at radius 3 is 2.71 bits per heavy atom. The number of hydrogen-bond acceptors (Lipinski definition) is 5. The van der Waals surface area contributed by atoms with Crippen LogP contribution in [0.3, 0.4) is 0 Å². The van der Waals surface area contributed by atoms with E-state index in [-0.39, 0.29) is 12.5 Å². The third-order valence-electron chi connectivity index (χ3n) is 4.39. The number of amides is 1. The fraction of sp³-hybridized carbons (Fsp3) is 0.0909. The molecule has 2 heterocycles. The first-order valence-corrected chi connectivity index (χ1v) is 10.2. The second-order valence-electron chi connectivity index (χ2n) is 6.80. The number of ether oxygens (including phenoxy) is 1. The number of hydrogen-bond donors (Lipinski definition) is 2. The van der Waals surface area contributed by atoms with E-state index < -0.39 is 0 Å². The summed E-state index contributed by atoms with van der Waals surface area (Å²) < 4.78 is 7.69. The maximum Gasteiger partial charge on any atom is 0.244 e. The van der Waals surface area contributed by atoms with Crippen LogP contribution in [-0.4, -0.2) is 25.7 Å². The van der Waals surface area contributed by atoms with E-state index >= 15 is 0 Å². The van der Waals surface area contributed by atoms with E-state index in [1.807, 2.05) is 31.2 Å². The Kier molecular flexibility index (Phi) is 6.11. The molecular formula is C22H18ClN5O2S. The van der Waals surface area contributed by atoms with Crippen molar-refractivity contribution in [1.29, 1.82) is 0 Å². The van der Waals surface area contributed by atoms with E-state index in [2.05, 4.69) is 20.5 Å². The highest BCUT2D eigenvalue weighted by atomic mass is 35.5. The number of pyridine rings is 1. The van der Waals surface area contributed by atoms with Crippen LogP contribution < -0.4 is 10.1 Å². The number of carbonyl (C=O) groups excluding carboxylic acids is 1. The normalized spacial score (nSPS) is 10.6. The van der Waals surface area contributed by atoms with E-state index in [1.54, 1.807) is 41.0 Å². The van der Waals surface area contributed by atoms with E-state index in [1.165, 1.54) is 6.20 Å². The topological polar surface area (TPSA) is 84.8 Å². The molecule has 0 saturated heterocycles. The molecule has 0 bridgehead atoms. The quantitative estimate of drug-likeness (QED) is 0.383. The summed E-state index contributed by atoms with van der Waals surface area (Å²) in [6.45, 7) is 2.01. The van der Waals surface area contributed by atoms with Gasteiger partial charge in [-0.25, -0.2) is 4.98 Å². The van der Waals surface area contributed by atoms with E-state index in [0.717, 1.165) is 11.1 Å². The number of carbonyl (C=O) groups is 1. The lowest BCUT2D eigenvalue weighted by molar-refractivity contribution is -0.116. The van der Waals surface area contributed by atoms with Crippen molar-refractivity contribution in [2.24, 2.45) is 0 Å². The molecular weight excluding hydrogens is 434 g/mol. The first-order valence-electron chi connectivity index (χ1n) is 9.39. The zero-order chi connectivity index (χ0) is 21.8. The van der Waals surface area contributed by atoms with Crippen LogP contribution in [0.5, 0.6) is 11.6 Å². The van der Waals surface area contributed by atoms with Crippen LogP contribution in [0.25, 0.3) is 11.4 Å². The van der Waals surface area contributed by atoms with Gasteiger partial charge in [-0.1, -0.05) is 35.4 Å². The van der Waals surface area contributed by atoms with Crippen LogP contribution in [0.15, 0.2) is 66.9 Å². The highest BCUT2D eigenvalue weighted by molar-refractivity contribution is 7.71. The maximum atomic E-state index is 12.6. The highest BCUT2D eigenvalue weighted by Gasteiger charge is 2.13. The van der Waals surface area contributed by atoms with E-state index in [9.17, 15) is 4.79 Å². The minimum Gasteiger partial charge on any atom is -0.439 e. The monoisotopic (exact) mass is 451 g/mol. The number of aromatic amines is 1. The summed E-state index contributed by atoms with van der Waals surface area (Å²) in [5, 5.41) is 10.5. The molecule has 0 saturated carbocycles. The molecule has 0 aliphatic heterocycles. The Morgan fingerprint density at radius 1 is 1.19 bits per heavy atom. The van der Waals surface area contributed by atoms with Gasteiger partial charge in [0.25, 0.3) is 0 Å². The third kappa shape index (κ3) is 5.17. The summed E-state index contributed by atoms with van der Waals surface area (Å²) in [6.07, 6.45) is 1.53. The summed E-state index contributed by atoms with van der Waals surface area (Å²) in [5.41, 5.74) is 2.51. The number of anilines is 1. The Hall–Kier alpha value is -3.49. The molecule has 0 spiro atoms. The van der Waals surface area contributed by atoms with Gasteiger partial charge >= 0.3 is 0 Å². The lowest BCUT2D eigenvalue weighted by Crippen LogP contribution is -2.19. The van der Waals surface area contributed by atoms with Gasteiger partial charge in [0.15, 0.2) is 10.6 Å². The summed E-state index contributed by atoms with van der Waals surface area (Å²) in [4.78, 5) is 16.8. The smallest absolute Gasteiger partial charge is 0.244 e. The van der Waals surface area contributed by atoms with Crippen LogP contribution in [0.4, 0.5) is 5.69 Å². The van der Waals surface area contributed by atoms with E-state index in [0.29, 0.717) is 32.9 Å². The zero-order valence-corrected chi connectivity index (χ0v) is 18.1. The molecule has 156 valence electrons. The van der Waals surface area contributed by atoms with Crippen molar-refractivity contribution >= 4 is 35.4 Å². The predicted molar refractivity (Wildman–Crippen MR) is 122 cm³/mol. The molecule has 9 heteroatoms. The molecule has 0 radical (unpaired) electrons. The van der Waals surface area contributed by atoms with Crippen molar-refractivity contribution < 1.29 is 9.53 Å². The first kappa shape index (κ1) is 20.8. The molecule has 2 N–H and O–H groups in total. The summed E-state index contributed by atoms with van der Waals surface area (Å²) in [6, 6.07) is 18.2. The predicted octanol–water partition coefficient (Wildman–Crippen LogP) is 5.40. The van der Waals surface area contributed by atoms with Crippen molar-refractivity contribution in [3.8, 4) is 23.0 Å². The van der Waals surface area contributed by atoms with Gasteiger partial charge < -0.3 is 10.1 Å². The number of aromatic nitrogens is 4. The Bertz CT molecular complexity index is 1270. The fourth-order valence-electron chi connectivity index (χ4n) is 2.95. The Morgan fingerprint density at radius 2 is 2.00 bits per heavy atom. The van der Waals surface area contributed by atoms with Crippen molar-refractivity contribution in [2.45, 2.75) is 13.5 Å². The number of nitrogens with zero attached hydrogens (tertiary/aromatic N) is 3. The van der Waals surface area contributed by atoms with Crippen LogP contribution >= 0.6 is 23.8 Å². The van der Waals surface area contributed by atoms with Crippen molar-refractivity contribution in [3.05, 3.63) is 82.2 Å². The Balaban J connectivity index is 1.43. The Labute approximate surface area is 188 Å². The average Bonchev–Trinajstić information content (AvgIpc) is 3.11. The number of halogens is 1. The molecule has 7 nitrogen and oxygen atoms in total. The van der Waals surface area contributed by atoms with Gasteiger partial charge in [-0.3, -0.25) is 14.5 Å². The fourth-order valence-corrected chi connectivity index (χ4v) is 3.27. The van der Waals surface area contributed by atoms with Crippen molar-refractivity contribution in [3.63, 3.8) is 0 Å². The molecule has 0 aliphatic rings. The van der Waals surface area contributed by atoms with Gasteiger partial charge in [-0.05, 0) is 55.5 Å². The lowest BCUT2D eigenvalue weighted by Gasteiger charge is -2.09. The molecule has 0 fully saturated rings. The SMILES string of the molecule is Cc1cccc(-c2n[nH]c(=S)n2CC(=O)Nc2ccc(Oc3ccc(Cl)cc3)nc2)c1. The van der Waals surface area contributed by atoms with Crippen LogP contribution in [0.1, 0.15) is 5.56 Å². The molecule has 4 rings (SSSR count). The van der Waals surface area contributed by atoms with Crippen molar-refractivity contribution in [2.75, 3.05) is 5.32 Å². The molecule has 2 aromatic carbocycles. The summed E-state index contributed by atoms with van der Waals surface area (Å²) in [7, 11) is 0. The third-order valence-corrected chi connectivity index (χ3v) is 4.96. The molecule has 2 aromatic heterocycles. The van der Waals surface area contributed by atoms with Gasteiger partial charge in [-0.15, -0.1) is 0 Å². The molecule has 0 atom stereocenters. The maximum absolute atomic E-state index is 12.6. The largest absolute Gasteiger partial charge is 0.439 e. The van der Waals surface area contributed by atoms with Crippen LogP contribution in [0, 0.1) is 11.7 Å². The molecule has 0 unspecified atom stereocenters. The molecule has 0 aliphatic carbocycles. The van der Waals surface area contributed by atoms with Gasteiger partial charge in [0, 0.05) is 16.7 Å². The summed E-state index contributed by atoms with van der Waals surface area (Å²) in [5.74, 6) is 1.37. The van der Waals surface area contributed by atoms with Gasteiger partial charge in [0.05, 0.1) is 11.9 Å². The van der Waals surface area contributed by atoms with Gasteiger partial charge in [0.2, 0.25) is 11.8 Å². The lowest BCUT2D eigenvalue weighted by atomic mass is 10.1. The molecule has 4 aromatic rings. The highest BCUT2D eigenvalue weighted by Crippen LogP contribution is 2.22. The zero-order valence-electron chi connectivity index (χ0n) is 16.5.